The maximum absolute atomic E-state index is 5.39. The van der Waals surface area contributed by atoms with Crippen molar-refractivity contribution in [2.45, 2.75) is 19.8 Å². The quantitative estimate of drug-likeness (QED) is 0.421. The van der Waals surface area contributed by atoms with Crippen molar-refractivity contribution >= 4 is 9.68 Å². The van der Waals surface area contributed by atoms with E-state index in [9.17, 15) is 0 Å². The van der Waals surface area contributed by atoms with Crippen molar-refractivity contribution in [2.24, 2.45) is 0 Å². The molecular weight excluding hydrogens is 158 g/mol. The van der Waals surface area contributed by atoms with Crippen molar-refractivity contribution in [2.75, 3.05) is 27.3 Å². The molecule has 3 nitrogen and oxygen atoms in total. The zero-order chi connectivity index (χ0) is 8.69. The second kappa shape index (κ2) is 6.79. The van der Waals surface area contributed by atoms with Crippen LogP contribution in [0.2, 0.25) is 0 Å². The van der Waals surface area contributed by atoms with Crippen molar-refractivity contribution in [3.05, 3.63) is 0 Å². The third-order valence-electron chi connectivity index (χ3n) is 1.22. The summed E-state index contributed by atoms with van der Waals surface area (Å²) in [6.45, 7) is 5.48. The summed E-state index contributed by atoms with van der Waals surface area (Å²) in [6, 6.07) is 0. The predicted molar refractivity (Wildman–Crippen MR) is 49.3 cm³/mol. The van der Waals surface area contributed by atoms with E-state index in [0.29, 0.717) is 0 Å². The first-order chi connectivity index (χ1) is 5.20. The zero-order valence-electron chi connectivity index (χ0n) is 7.96. The lowest BCUT2D eigenvalue weighted by Gasteiger charge is -2.19. The number of hydrogen-bond acceptors (Lipinski definition) is 3. The normalized spacial score (nSPS) is 12.5. The molecule has 0 heterocycles. The van der Waals surface area contributed by atoms with E-state index in [-0.39, 0.29) is 15.6 Å². The second-order valence-electron chi connectivity index (χ2n) is 2.60. The Balaban J connectivity index is 3.50. The average Bonchev–Trinajstić information content (AvgIpc) is 1.87. The van der Waals surface area contributed by atoms with Gasteiger partial charge in [-0.05, 0) is 27.9 Å². The van der Waals surface area contributed by atoms with E-state index >= 15 is 0 Å². The van der Waals surface area contributed by atoms with E-state index in [4.69, 9.17) is 9.47 Å². The number of rotatable bonds is 6. The van der Waals surface area contributed by atoms with Gasteiger partial charge >= 0.3 is 0 Å². The highest BCUT2D eigenvalue weighted by molar-refractivity contribution is 6.32. The van der Waals surface area contributed by atoms with Gasteiger partial charge in [-0.15, -0.1) is 0 Å². The van der Waals surface area contributed by atoms with Crippen LogP contribution in [-0.2, 0) is 9.47 Å². The molecule has 0 saturated heterocycles. The molecule has 0 amide bonds. The fourth-order valence-corrected chi connectivity index (χ4v) is 2.10. The number of ether oxygens (including phenoxy) is 2. The van der Waals surface area contributed by atoms with Gasteiger partial charge in [0.2, 0.25) is 0 Å². The van der Waals surface area contributed by atoms with Gasteiger partial charge in [-0.1, -0.05) is 0 Å². The summed E-state index contributed by atoms with van der Waals surface area (Å²) < 4.78 is 13.0. The molecule has 0 aromatic heterocycles. The monoisotopic (exact) mass is 177 g/mol. The standard InChI is InChI=1S/C7H19NO2Si/c1-5-9-7(10-6-2)11-8(3)4/h7H,5-6,11H2,1-4H3. The first-order valence-electron chi connectivity index (χ1n) is 4.08. The van der Waals surface area contributed by atoms with Crippen LogP contribution in [0.3, 0.4) is 0 Å². The average molecular weight is 177 g/mol. The van der Waals surface area contributed by atoms with E-state index in [1.165, 1.54) is 0 Å². The molecule has 0 aliphatic heterocycles. The van der Waals surface area contributed by atoms with Crippen molar-refractivity contribution in [1.29, 1.82) is 0 Å². The molecule has 0 aromatic rings. The Kier molecular flexibility index (Phi) is 6.85. The Morgan fingerprint density at radius 2 is 1.64 bits per heavy atom. The van der Waals surface area contributed by atoms with Gasteiger partial charge in [0.15, 0.2) is 15.6 Å². The van der Waals surface area contributed by atoms with Gasteiger partial charge in [-0.2, -0.15) is 0 Å². The second-order valence-corrected chi connectivity index (χ2v) is 4.90. The molecule has 0 radical (unpaired) electrons. The van der Waals surface area contributed by atoms with E-state index in [2.05, 4.69) is 18.7 Å². The molecule has 0 atom stereocenters. The van der Waals surface area contributed by atoms with E-state index in [1.807, 2.05) is 13.8 Å². The van der Waals surface area contributed by atoms with Gasteiger partial charge in [0, 0.05) is 13.2 Å². The third-order valence-corrected chi connectivity index (χ3v) is 2.72. The highest BCUT2D eigenvalue weighted by Crippen LogP contribution is 1.93. The molecule has 0 rings (SSSR count). The highest BCUT2D eigenvalue weighted by atomic mass is 28.2. The van der Waals surface area contributed by atoms with Gasteiger partial charge < -0.3 is 14.0 Å². The number of nitrogens with zero attached hydrogens (tertiary/aromatic N) is 1. The fraction of sp³-hybridized carbons (Fsp3) is 1.00. The minimum atomic E-state index is -0.373. The van der Waals surface area contributed by atoms with Crippen LogP contribution in [0.4, 0.5) is 0 Å². The number of hydrogen-bond donors (Lipinski definition) is 0. The summed E-state index contributed by atoms with van der Waals surface area (Å²) in [5.74, 6) is 0.0694. The Bertz CT molecular complexity index is 84.5. The van der Waals surface area contributed by atoms with Crippen LogP contribution in [0.1, 0.15) is 13.8 Å². The lowest BCUT2D eigenvalue weighted by molar-refractivity contribution is -0.0855. The maximum atomic E-state index is 5.39. The zero-order valence-corrected chi connectivity index (χ0v) is 9.38. The largest absolute Gasteiger partial charge is 0.356 e. The van der Waals surface area contributed by atoms with Gasteiger partial charge in [0.25, 0.3) is 0 Å². The minimum absolute atomic E-state index is 0.0694. The van der Waals surface area contributed by atoms with Crippen molar-refractivity contribution in [1.82, 2.24) is 4.57 Å². The highest BCUT2D eigenvalue weighted by Gasteiger charge is 2.08. The van der Waals surface area contributed by atoms with Crippen LogP contribution in [0.15, 0.2) is 0 Å². The molecule has 0 N–H and O–H groups in total. The maximum Gasteiger partial charge on any atom is 0.161 e. The topological polar surface area (TPSA) is 21.7 Å². The van der Waals surface area contributed by atoms with Gasteiger partial charge in [-0.25, -0.2) is 0 Å². The molecule has 0 aliphatic carbocycles. The SMILES string of the molecule is CCOC(OCC)[SiH2]N(C)C. The summed E-state index contributed by atoms with van der Waals surface area (Å²) >= 11 is 0. The summed E-state index contributed by atoms with van der Waals surface area (Å²) in [4.78, 5) is 0. The third kappa shape index (κ3) is 6.49. The Hall–Kier alpha value is 0.0969. The molecule has 0 aromatic carbocycles. The fourth-order valence-electron chi connectivity index (χ4n) is 0.823. The summed E-state index contributed by atoms with van der Waals surface area (Å²) in [5, 5.41) is 0. The molecule has 0 unspecified atom stereocenters. The Labute approximate surface area is 71.6 Å². The molecule has 11 heavy (non-hydrogen) atoms. The molecule has 0 fully saturated rings. The van der Waals surface area contributed by atoms with Crippen molar-refractivity contribution in [3.8, 4) is 0 Å². The Morgan fingerprint density at radius 1 is 1.18 bits per heavy atom. The first-order valence-corrected chi connectivity index (χ1v) is 5.53. The lowest BCUT2D eigenvalue weighted by atomic mass is 10.9. The van der Waals surface area contributed by atoms with Gasteiger partial charge in [0.05, 0.1) is 0 Å². The molecule has 68 valence electrons. The minimum Gasteiger partial charge on any atom is -0.356 e. The smallest absolute Gasteiger partial charge is 0.161 e. The molecule has 0 saturated carbocycles. The molecule has 0 bridgehead atoms. The van der Waals surface area contributed by atoms with E-state index in [1.54, 1.807) is 0 Å². The van der Waals surface area contributed by atoms with Crippen LogP contribution in [0.25, 0.3) is 0 Å². The summed E-state index contributed by atoms with van der Waals surface area (Å²) in [5.41, 5.74) is 0. The molecule has 0 aliphatic rings. The van der Waals surface area contributed by atoms with Crippen molar-refractivity contribution in [3.63, 3.8) is 0 Å². The molecule has 0 spiro atoms. The predicted octanol–water partition coefficient (Wildman–Crippen LogP) is -0.0116. The van der Waals surface area contributed by atoms with Crippen molar-refractivity contribution < 1.29 is 9.47 Å². The van der Waals surface area contributed by atoms with Crippen LogP contribution < -0.4 is 0 Å². The van der Waals surface area contributed by atoms with Crippen LogP contribution in [0.5, 0.6) is 0 Å². The van der Waals surface area contributed by atoms with Gasteiger partial charge in [0.1, 0.15) is 0 Å². The van der Waals surface area contributed by atoms with Gasteiger partial charge in [-0.3, -0.25) is 0 Å². The Morgan fingerprint density at radius 3 is 1.91 bits per heavy atom. The molecule has 4 heteroatoms. The van der Waals surface area contributed by atoms with Crippen LogP contribution >= 0.6 is 0 Å². The van der Waals surface area contributed by atoms with Crippen LogP contribution in [0, 0.1) is 0 Å². The van der Waals surface area contributed by atoms with E-state index < -0.39 is 0 Å². The summed E-state index contributed by atoms with van der Waals surface area (Å²) in [7, 11) is 3.76. The first kappa shape index (κ1) is 11.1. The lowest BCUT2D eigenvalue weighted by Crippen LogP contribution is -2.34. The van der Waals surface area contributed by atoms with Crippen LogP contribution in [-0.4, -0.2) is 47.5 Å². The van der Waals surface area contributed by atoms with E-state index in [0.717, 1.165) is 13.2 Å². The molecular formula is C7H19NO2Si. The summed E-state index contributed by atoms with van der Waals surface area (Å²) in [6.07, 6.45) is 0.